The number of carbonyl (C=O) groups excluding carboxylic acids is 1. The number of piperazine rings is 1. The number of aromatic amines is 1. The van der Waals surface area contributed by atoms with Crippen molar-refractivity contribution in [1.29, 1.82) is 0 Å². The van der Waals surface area contributed by atoms with Gasteiger partial charge in [0, 0.05) is 71.8 Å². The van der Waals surface area contributed by atoms with E-state index in [2.05, 4.69) is 19.9 Å². The van der Waals surface area contributed by atoms with Gasteiger partial charge in [-0.15, -0.1) is 0 Å². The lowest BCUT2D eigenvalue weighted by Crippen LogP contribution is -2.53. The van der Waals surface area contributed by atoms with Gasteiger partial charge in [0.15, 0.2) is 28.6 Å². The van der Waals surface area contributed by atoms with E-state index >= 15 is 0 Å². The number of amides is 1. The molecule has 3 aromatic rings. The Morgan fingerprint density at radius 2 is 1.69 bits per heavy atom. The van der Waals surface area contributed by atoms with Crippen LogP contribution < -0.4 is 4.90 Å². The van der Waals surface area contributed by atoms with Crippen LogP contribution in [0.5, 0.6) is 0 Å². The molecule has 3 aliphatic heterocycles. The van der Waals surface area contributed by atoms with Gasteiger partial charge in [-0.25, -0.2) is 15.0 Å². The predicted octanol–water partition coefficient (Wildman–Crippen LogP) is 0.835. The molecule has 12 heteroatoms. The molecule has 0 atom stereocenters. The van der Waals surface area contributed by atoms with E-state index < -0.39 is 0 Å². The van der Waals surface area contributed by atoms with Crippen LogP contribution in [0.2, 0.25) is 0 Å². The van der Waals surface area contributed by atoms with Crippen LogP contribution in [-0.2, 0) is 16.5 Å². The number of hydrogen-bond acceptors (Lipinski definition) is 9. The van der Waals surface area contributed by atoms with Crippen LogP contribution >= 0.6 is 0 Å². The highest BCUT2D eigenvalue weighted by molar-refractivity contribution is 5.96. The summed E-state index contributed by atoms with van der Waals surface area (Å²) >= 11 is 0. The summed E-state index contributed by atoms with van der Waals surface area (Å²) in [7, 11) is 1.88. The summed E-state index contributed by atoms with van der Waals surface area (Å²) in [4.78, 5) is 37.6. The normalized spacial score (nSPS) is 20.4. The second-order valence-electron chi connectivity index (χ2n) is 9.73. The van der Waals surface area contributed by atoms with E-state index in [0.717, 1.165) is 56.2 Å². The molecule has 192 valence electrons. The predicted molar refractivity (Wildman–Crippen MR) is 133 cm³/mol. The Bertz CT molecular complexity index is 1240. The fourth-order valence-electron chi connectivity index (χ4n) is 5.41. The highest BCUT2D eigenvalue weighted by Crippen LogP contribution is 2.28. The van der Waals surface area contributed by atoms with E-state index in [1.807, 2.05) is 25.1 Å². The van der Waals surface area contributed by atoms with Crippen molar-refractivity contribution in [2.75, 3.05) is 70.6 Å². The SMILES string of the molecule is Cc1nn(C)cc1-c1nc(N2CCOCC2)c2nc(C(=O)N3CCN(C4CCOCC4)CC3)[nH]c2n1. The number of nitrogens with one attached hydrogen (secondary N) is 1. The lowest BCUT2D eigenvalue weighted by atomic mass is 10.1. The monoisotopic (exact) mass is 495 g/mol. The average Bonchev–Trinajstić information content (AvgIpc) is 3.51. The van der Waals surface area contributed by atoms with Crippen LogP contribution in [0.4, 0.5) is 5.82 Å². The summed E-state index contributed by atoms with van der Waals surface area (Å²) in [6.45, 7) is 9.40. The molecule has 1 N–H and O–H groups in total. The van der Waals surface area contributed by atoms with E-state index in [4.69, 9.17) is 24.4 Å². The fraction of sp³-hybridized carbons (Fsp3) is 0.625. The number of aromatic nitrogens is 6. The number of ether oxygens (including phenoxy) is 2. The first kappa shape index (κ1) is 23.3. The highest BCUT2D eigenvalue weighted by Gasteiger charge is 2.30. The summed E-state index contributed by atoms with van der Waals surface area (Å²) in [6, 6.07) is 0.558. The maximum absolute atomic E-state index is 13.5. The zero-order valence-electron chi connectivity index (χ0n) is 20.9. The third kappa shape index (κ3) is 4.44. The van der Waals surface area contributed by atoms with Crippen molar-refractivity contribution >= 4 is 22.9 Å². The number of hydrogen-bond donors (Lipinski definition) is 1. The van der Waals surface area contributed by atoms with Gasteiger partial charge in [-0.2, -0.15) is 5.10 Å². The van der Waals surface area contributed by atoms with Crippen molar-refractivity contribution in [1.82, 2.24) is 39.5 Å². The zero-order valence-corrected chi connectivity index (χ0v) is 20.9. The largest absolute Gasteiger partial charge is 0.381 e. The molecular formula is C24H33N9O3. The quantitative estimate of drug-likeness (QED) is 0.562. The Labute approximate surface area is 209 Å². The van der Waals surface area contributed by atoms with E-state index in [9.17, 15) is 4.79 Å². The molecule has 3 fully saturated rings. The molecule has 3 aromatic heterocycles. The summed E-state index contributed by atoms with van der Waals surface area (Å²) in [5.74, 6) is 1.52. The number of nitrogens with zero attached hydrogens (tertiary/aromatic N) is 8. The average molecular weight is 496 g/mol. The van der Waals surface area contributed by atoms with Crippen LogP contribution in [0.25, 0.3) is 22.6 Å². The minimum atomic E-state index is -0.0911. The highest BCUT2D eigenvalue weighted by atomic mass is 16.5. The zero-order chi connectivity index (χ0) is 24.6. The second-order valence-corrected chi connectivity index (χ2v) is 9.73. The number of rotatable bonds is 4. The van der Waals surface area contributed by atoms with Crippen LogP contribution in [-0.4, -0.2) is 117 Å². The summed E-state index contributed by atoms with van der Waals surface area (Å²) in [5, 5.41) is 4.45. The van der Waals surface area contributed by atoms with E-state index in [1.165, 1.54) is 0 Å². The van der Waals surface area contributed by atoms with Crippen molar-refractivity contribution in [2.24, 2.45) is 7.05 Å². The molecule has 0 aliphatic carbocycles. The Hall–Kier alpha value is -3.09. The van der Waals surface area contributed by atoms with Gasteiger partial charge < -0.3 is 24.3 Å². The number of H-pyrrole nitrogens is 1. The van der Waals surface area contributed by atoms with Gasteiger partial charge in [0.05, 0.1) is 24.5 Å². The first-order valence-corrected chi connectivity index (χ1v) is 12.8. The molecule has 12 nitrogen and oxygen atoms in total. The Kier molecular flexibility index (Phi) is 6.32. The van der Waals surface area contributed by atoms with Gasteiger partial charge in [0.25, 0.3) is 5.91 Å². The Morgan fingerprint density at radius 3 is 2.39 bits per heavy atom. The first-order valence-electron chi connectivity index (χ1n) is 12.8. The Morgan fingerprint density at radius 1 is 0.972 bits per heavy atom. The van der Waals surface area contributed by atoms with Crippen molar-refractivity contribution in [2.45, 2.75) is 25.8 Å². The maximum Gasteiger partial charge on any atom is 0.289 e. The molecule has 36 heavy (non-hydrogen) atoms. The summed E-state index contributed by atoms with van der Waals surface area (Å²) in [6.07, 6.45) is 4.05. The lowest BCUT2D eigenvalue weighted by Gasteiger charge is -2.40. The molecule has 6 heterocycles. The number of carbonyl (C=O) groups is 1. The van der Waals surface area contributed by atoms with E-state index in [-0.39, 0.29) is 5.91 Å². The molecule has 0 unspecified atom stereocenters. The van der Waals surface area contributed by atoms with Crippen LogP contribution in [0.3, 0.4) is 0 Å². The van der Waals surface area contributed by atoms with Gasteiger partial charge in [0.1, 0.15) is 0 Å². The number of imidazole rings is 1. The van der Waals surface area contributed by atoms with Gasteiger partial charge in [-0.05, 0) is 19.8 Å². The van der Waals surface area contributed by atoms with E-state index in [1.54, 1.807) is 4.68 Å². The smallest absolute Gasteiger partial charge is 0.289 e. The van der Waals surface area contributed by atoms with Gasteiger partial charge in [-0.1, -0.05) is 0 Å². The van der Waals surface area contributed by atoms with Crippen molar-refractivity contribution in [3.63, 3.8) is 0 Å². The Balaban J connectivity index is 1.28. The molecule has 1 amide bonds. The second kappa shape index (κ2) is 9.75. The molecule has 6 rings (SSSR count). The topological polar surface area (TPSA) is 118 Å². The number of anilines is 1. The number of aryl methyl sites for hydroxylation is 2. The third-order valence-corrected chi connectivity index (χ3v) is 7.40. The fourth-order valence-corrected chi connectivity index (χ4v) is 5.41. The minimum absolute atomic E-state index is 0.0911. The number of fused-ring (bicyclic) bond motifs is 1. The van der Waals surface area contributed by atoms with Crippen LogP contribution in [0, 0.1) is 6.92 Å². The summed E-state index contributed by atoms with van der Waals surface area (Å²) < 4.78 is 12.8. The molecule has 3 saturated heterocycles. The first-order chi connectivity index (χ1) is 17.6. The lowest BCUT2D eigenvalue weighted by molar-refractivity contribution is 0.0135. The molecule has 0 saturated carbocycles. The molecule has 0 spiro atoms. The molecule has 0 aromatic carbocycles. The molecule has 3 aliphatic rings. The van der Waals surface area contributed by atoms with Gasteiger partial charge in [0.2, 0.25) is 0 Å². The van der Waals surface area contributed by atoms with Crippen molar-refractivity contribution in [3.8, 4) is 11.4 Å². The molecule has 0 radical (unpaired) electrons. The third-order valence-electron chi connectivity index (χ3n) is 7.40. The van der Waals surface area contributed by atoms with Gasteiger partial charge >= 0.3 is 0 Å². The molecular weight excluding hydrogens is 462 g/mol. The van der Waals surface area contributed by atoms with Crippen molar-refractivity contribution < 1.29 is 14.3 Å². The summed E-state index contributed by atoms with van der Waals surface area (Å²) in [5.41, 5.74) is 2.89. The standard InChI is InChI=1S/C24H33N9O3/c1-16-18(15-30(2)29-16)20-26-21-19(23(28-20)32-9-13-36-14-10-32)25-22(27-21)24(34)33-7-5-31(6-8-33)17-3-11-35-12-4-17/h15,17H,3-14H2,1-2H3,(H,25,26,27,28). The number of morpholine rings is 1. The van der Waals surface area contributed by atoms with E-state index in [0.29, 0.717) is 68.2 Å². The van der Waals surface area contributed by atoms with Gasteiger partial charge in [-0.3, -0.25) is 14.4 Å². The minimum Gasteiger partial charge on any atom is -0.381 e. The maximum atomic E-state index is 13.5. The van der Waals surface area contributed by atoms with Crippen LogP contribution in [0.15, 0.2) is 6.20 Å². The van der Waals surface area contributed by atoms with Crippen LogP contribution in [0.1, 0.15) is 29.2 Å². The molecule has 0 bridgehead atoms. The van der Waals surface area contributed by atoms with Crippen molar-refractivity contribution in [3.05, 3.63) is 17.7 Å².